The number of hydrogen-bond donors (Lipinski definition) is 1. The SMILES string of the molecule is C=CC(=CC/C=C\C)c1ccc(-c2cnn3c4c(c(C5CCN(C(C)=O)CC5)nc23)C(=O)CCN4)cn1.CC. The van der Waals surface area contributed by atoms with Gasteiger partial charge in [0.2, 0.25) is 5.91 Å². The molecular formula is C31H38N6O2. The van der Waals surface area contributed by atoms with Crippen molar-refractivity contribution in [3.63, 3.8) is 0 Å². The van der Waals surface area contributed by atoms with Crippen LogP contribution in [0.15, 0.2) is 55.4 Å². The van der Waals surface area contributed by atoms with Crippen LogP contribution >= 0.6 is 0 Å². The first kappa shape index (κ1) is 28.0. The quantitative estimate of drug-likeness (QED) is 0.309. The van der Waals surface area contributed by atoms with E-state index in [-0.39, 0.29) is 17.6 Å². The largest absolute Gasteiger partial charge is 0.369 e. The zero-order chi connectivity index (χ0) is 27.9. The molecule has 5 rings (SSSR count). The molecule has 8 heteroatoms. The molecule has 1 fully saturated rings. The average molecular weight is 527 g/mol. The van der Waals surface area contributed by atoms with Gasteiger partial charge in [0, 0.05) is 56.2 Å². The van der Waals surface area contributed by atoms with Gasteiger partial charge in [0.25, 0.3) is 0 Å². The van der Waals surface area contributed by atoms with Gasteiger partial charge in [-0.2, -0.15) is 9.61 Å². The number of fused-ring (bicyclic) bond motifs is 3. The molecule has 2 aliphatic rings. The maximum atomic E-state index is 13.1. The Morgan fingerprint density at radius 2 is 1.97 bits per heavy atom. The number of allylic oxidation sites excluding steroid dienone is 5. The lowest BCUT2D eigenvalue weighted by Gasteiger charge is -2.32. The molecule has 0 bridgehead atoms. The summed E-state index contributed by atoms with van der Waals surface area (Å²) in [6, 6.07) is 4.01. The Morgan fingerprint density at radius 1 is 1.21 bits per heavy atom. The number of likely N-dealkylation sites (tertiary alicyclic amines) is 1. The summed E-state index contributed by atoms with van der Waals surface area (Å²) in [5.74, 6) is 1.00. The lowest BCUT2D eigenvalue weighted by atomic mass is 9.88. The maximum absolute atomic E-state index is 13.1. The molecule has 1 saturated heterocycles. The summed E-state index contributed by atoms with van der Waals surface area (Å²) in [5, 5.41) is 8.01. The number of nitrogens with zero attached hydrogens (tertiary/aromatic N) is 5. The van der Waals surface area contributed by atoms with Crippen LogP contribution in [-0.2, 0) is 4.79 Å². The van der Waals surface area contributed by atoms with E-state index in [1.54, 1.807) is 17.6 Å². The normalized spacial score (nSPS) is 16.1. The summed E-state index contributed by atoms with van der Waals surface area (Å²) in [7, 11) is 0. The van der Waals surface area contributed by atoms with Gasteiger partial charge in [-0.15, -0.1) is 0 Å². The van der Waals surface area contributed by atoms with Crippen molar-refractivity contribution in [2.24, 2.45) is 0 Å². The summed E-state index contributed by atoms with van der Waals surface area (Å²) >= 11 is 0. The first-order chi connectivity index (χ1) is 19.0. The third-order valence-corrected chi connectivity index (χ3v) is 7.22. The van der Waals surface area contributed by atoms with Crippen LogP contribution in [-0.4, -0.2) is 55.8 Å². The molecule has 8 nitrogen and oxygen atoms in total. The Hall–Kier alpha value is -4.07. The van der Waals surface area contributed by atoms with Gasteiger partial charge in [0.05, 0.1) is 23.1 Å². The van der Waals surface area contributed by atoms with Crippen molar-refractivity contribution < 1.29 is 9.59 Å². The van der Waals surface area contributed by atoms with Gasteiger partial charge in [0.1, 0.15) is 5.82 Å². The smallest absolute Gasteiger partial charge is 0.219 e. The van der Waals surface area contributed by atoms with Gasteiger partial charge < -0.3 is 10.2 Å². The van der Waals surface area contributed by atoms with Crippen LogP contribution in [0.1, 0.15) is 81.0 Å². The van der Waals surface area contributed by atoms with E-state index in [0.29, 0.717) is 43.1 Å². The monoisotopic (exact) mass is 526 g/mol. The number of rotatable bonds is 6. The van der Waals surface area contributed by atoms with Crippen molar-refractivity contribution in [3.8, 4) is 11.1 Å². The molecule has 39 heavy (non-hydrogen) atoms. The second-order valence-electron chi connectivity index (χ2n) is 9.50. The van der Waals surface area contributed by atoms with Crippen LogP contribution in [0.5, 0.6) is 0 Å². The summed E-state index contributed by atoms with van der Waals surface area (Å²) < 4.78 is 1.75. The zero-order valence-electron chi connectivity index (χ0n) is 23.4. The number of piperidine rings is 1. The van der Waals surface area contributed by atoms with Crippen LogP contribution in [0.3, 0.4) is 0 Å². The summed E-state index contributed by atoms with van der Waals surface area (Å²) in [6.07, 6.45) is 14.5. The highest BCUT2D eigenvalue weighted by Crippen LogP contribution is 2.37. The second kappa shape index (κ2) is 12.7. The third-order valence-electron chi connectivity index (χ3n) is 7.22. The topological polar surface area (TPSA) is 92.5 Å². The minimum absolute atomic E-state index is 0.0898. The zero-order valence-corrected chi connectivity index (χ0v) is 23.4. The molecule has 0 unspecified atom stereocenters. The molecule has 0 spiro atoms. The predicted molar refractivity (Wildman–Crippen MR) is 157 cm³/mol. The van der Waals surface area contributed by atoms with Crippen molar-refractivity contribution in [1.82, 2.24) is 24.5 Å². The molecule has 1 amide bonds. The van der Waals surface area contributed by atoms with Crippen molar-refractivity contribution in [3.05, 3.63) is 72.4 Å². The molecule has 0 atom stereocenters. The van der Waals surface area contributed by atoms with E-state index in [1.165, 1.54) is 0 Å². The van der Waals surface area contributed by atoms with Crippen LogP contribution in [0.4, 0.5) is 5.82 Å². The summed E-state index contributed by atoms with van der Waals surface area (Å²) in [6.45, 7) is 13.5. The fraction of sp³-hybridized carbons (Fsp3) is 0.387. The van der Waals surface area contributed by atoms with Crippen molar-refractivity contribution in [2.75, 3.05) is 25.0 Å². The number of Topliss-reactive ketones (excluding diaryl/α,β-unsaturated/α-hetero) is 1. The minimum atomic E-state index is 0.0898. The number of amides is 1. The molecule has 5 heterocycles. The fourth-order valence-electron chi connectivity index (χ4n) is 5.18. The lowest BCUT2D eigenvalue weighted by molar-refractivity contribution is -0.129. The fourth-order valence-corrected chi connectivity index (χ4v) is 5.18. The number of carbonyl (C=O) groups excluding carboxylic acids is 2. The van der Waals surface area contributed by atoms with E-state index in [0.717, 1.165) is 47.4 Å². The molecule has 204 valence electrons. The second-order valence-corrected chi connectivity index (χ2v) is 9.50. The van der Waals surface area contributed by atoms with Crippen LogP contribution in [0, 0.1) is 0 Å². The predicted octanol–water partition coefficient (Wildman–Crippen LogP) is 6.08. The Bertz CT molecular complexity index is 1410. The lowest BCUT2D eigenvalue weighted by Crippen LogP contribution is -2.37. The first-order valence-corrected chi connectivity index (χ1v) is 13.9. The van der Waals surface area contributed by atoms with E-state index < -0.39 is 0 Å². The molecule has 0 aliphatic carbocycles. The Labute approximate surface area is 230 Å². The summed E-state index contributed by atoms with van der Waals surface area (Å²) in [4.78, 5) is 36.5. The van der Waals surface area contributed by atoms with E-state index in [1.807, 2.05) is 56.2 Å². The highest BCUT2D eigenvalue weighted by molar-refractivity contribution is 6.04. The van der Waals surface area contributed by atoms with Gasteiger partial charge in [-0.05, 0) is 37.8 Å². The molecule has 3 aromatic rings. The number of anilines is 1. The van der Waals surface area contributed by atoms with Gasteiger partial charge in [-0.1, -0.05) is 50.8 Å². The van der Waals surface area contributed by atoms with Crippen molar-refractivity contribution >= 4 is 28.7 Å². The van der Waals surface area contributed by atoms with E-state index in [2.05, 4.69) is 29.1 Å². The number of nitrogens with one attached hydrogen (secondary N) is 1. The Kier molecular flexibility index (Phi) is 9.07. The number of pyridine rings is 1. The highest BCUT2D eigenvalue weighted by Gasteiger charge is 2.32. The standard InChI is InChI=1S/C29H32N6O2.C2H6/c1-4-6-7-8-20(5-2)24-10-9-22(17-31-24)23-18-32-35-28(23)33-27(26-25(37)11-14-30-29(26)35)21-12-15-34(16-13-21)19(3)36;1-2/h4-6,8-10,17-18,21,30H,2,7,11-16H2,1,3H3;1-2H3/b6-4-,20-8?;. The number of ketones is 1. The molecule has 2 aliphatic heterocycles. The van der Waals surface area contributed by atoms with Crippen LogP contribution in [0.25, 0.3) is 22.3 Å². The molecule has 3 aromatic heterocycles. The highest BCUT2D eigenvalue weighted by atomic mass is 16.2. The molecule has 0 aromatic carbocycles. The Balaban J connectivity index is 0.00000172. The van der Waals surface area contributed by atoms with Gasteiger partial charge in [0.15, 0.2) is 11.4 Å². The van der Waals surface area contributed by atoms with Crippen LogP contribution in [0.2, 0.25) is 0 Å². The molecular weight excluding hydrogens is 488 g/mol. The maximum Gasteiger partial charge on any atom is 0.219 e. The number of aromatic nitrogens is 4. The van der Waals surface area contributed by atoms with Crippen molar-refractivity contribution in [1.29, 1.82) is 0 Å². The Morgan fingerprint density at radius 3 is 2.62 bits per heavy atom. The van der Waals surface area contributed by atoms with Crippen LogP contribution < -0.4 is 5.32 Å². The number of carbonyl (C=O) groups is 2. The summed E-state index contributed by atoms with van der Waals surface area (Å²) in [5.41, 5.74) is 5.77. The van der Waals surface area contributed by atoms with Crippen molar-refractivity contribution in [2.45, 2.75) is 59.3 Å². The molecule has 0 radical (unpaired) electrons. The number of hydrogen-bond acceptors (Lipinski definition) is 6. The molecule has 1 N–H and O–H groups in total. The van der Waals surface area contributed by atoms with Gasteiger partial charge in [-0.3, -0.25) is 14.6 Å². The van der Waals surface area contributed by atoms with E-state index in [4.69, 9.17) is 9.97 Å². The van der Waals surface area contributed by atoms with E-state index in [9.17, 15) is 9.59 Å². The first-order valence-electron chi connectivity index (χ1n) is 13.9. The third kappa shape index (κ3) is 5.70. The van der Waals surface area contributed by atoms with Gasteiger partial charge >= 0.3 is 0 Å². The molecule has 0 saturated carbocycles. The van der Waals surface area contributed by atoms with E-state index >= 15 is 0 Å². The average Bonchev–Trinajstić information content (AvgIpc) is 3.41. The minimum Gasteiger partial charge on any atom is -0.369 e. The van der Waals surface area contributed by atoms with Gasteiger partial charge in [-0.25, -0.2) is 4.98 Å².